The summed E-state index contributed by atoms with van der Waals surface area (Å²) in [4.78, 5) is 38.2. The fraction of sp³-hybridized carbons (Fsp3) is 0.500. The average Bonchev–Trinajstić information content (AvgIpc) is 3.18. The number of aliphatic hydroxyl groups is 2. The van der Waals surface area contributed by atoms with Gasteiger partial charge in [0.05, 0.1) is 26.0 Å². The van der Waals surface area contributed by atoms with Crippen molar-refractivity contribution in [3.05, 3.63) is 35.2 Å². The van der Waals surface area contributed by atoms with E-state index in [1.165, 1.54) is 20.5 Å². The molecule has 2 N–H and O–H groups in total. The maximum Gasteiger partial charge on any atom is 0.390 e. The standard InChI is InChI=1S/C22H23NO9S/c24-17-11-20(27)12-18(25)31-22(32-19(20)26)21(28,30-17)13-23(22)6-1-7-29-8-4-14-2-3-16-15(10-14)5-9-33-16/h2-3,5,9-10,27-28H,1,4,6-8,11-13H2. The lowest BCUT2D eigenvalue weighted by molar-refractivity contribution is -0.475. The number of ether oxygens (including phenoxy) is 4. The summed E-state index contributed by atoms with van der Waals surface area (Å²) in [5, 5.41) is 24.5. The first-order chi connectivity index (χ1) is 15.7. The van der Waals surface area contributed by atoms with E-state index in [1.54, 1.807) is 11.3 Å². The summed E-state index contributed by atoms with van der Waals surface area (Å²) in [6, 6.07) is 8.39. The number of carbonyl (C=O) groups is 3. The minimum atomic E-state index is -2.39. The number of β-amino-alcohol motifs (C(OH)–C–C–N with tert-alkyl or cyclic N) is 1. The van der Waals surface area contributed by atoms with Crippen molar-refractivity contribution >= 4 is 39.3 Å². The molecule has 2 bridgehead atoms. The lowest BCUT2D eigenvalue weighted by Crippen LogP contribution is -2.83. The van der Waals surface area contributed by atoms with Crippen LogP contribution in [-0.2, 0) is 39.8 Å². The fourth-order valence-corrected chi connectivity index (χ4v) is 5.16. The van der Waals surface area contributed by atoms with Crippen molar-refractivity contribution in [2.75, 3.05) is 26.3 Å². The minimum Gasteiger partial charge on any atom is -0.421 e. The Labute approximate surface area is 192 Å². The highest BCUT2D eigenvalue weighted by Crippen LogP contribution is 2.48. The molecule has 3 saturated heterocycles. The van der Waals surface area contributed by atoms with Crippen molar-refractivity contribution in [3.8, 4) is 0 Å². The second-order valence-corrected chi connectivity index (χ2v) is 9.47. The molecule has 3 aliphatic heterocycles. The highest BCUT2D eigenvalue weighted by atomic mass is 32.1. The molecular formula is C22H23NO9S. The summed E-state index contributed by atoms with van der Waals surface area (Å²) in [7, 11) is 0. The molecule has 0 saturated carbocycles. The lowest BCUT2D eigenvalue weighted by Gasteiger charge is -2.57. The van der Waals surface area contributed by atoms with Gasteiger partial charge in [0, 0.05) is 17.9 Å². The van der Waals surface area contributed by atoms with Crippen LogP contribution in [0.15, 0.2) is 29.6 Å². The Balaban J connectivity index is 1.17. The van der Waals surface area contributed by atoms with Crippen molar-refractivity contribution in [1.29, 1.82) is 0 Å². The number of fused-ring (bicyclic) bond motifs is 3. The van der Waals surface area contributed by atoms with E-state index in [4.69, 9.17) is 18.9 Å². The quantitative estimate of drug-likeness (QED) is 0.433. The van der Waals surface area contributed by atoms with E-state index in [-0.39, 0.29) is 13.1 Å². The number of nitrogens with zero attached hydrogens (tertiary/aromatic N) is 1. The van der Waals surface area contributed by atoms with Crippen LogP contribution < -0.4 is 0 Å². The van der Waals surface area contributed by atoms with Gasteiger partial charge in [0.1, 0.15) is 0 Å². The molecule has 1 aromatic heterocycles. The molecule has 0 aliphatic carbocycles. The Morgan fingerprint density at radius 1 is 1.03 bits per heavy atom. The maximum atomic E-state index is 12.5. The van der Waals surface area contributed by atoms with E-state index in [0.717, 1.165) is 6.42 Å². The van der Waals surface area contributed by atoms with Gasteiger partial charge in [-0.3, -0.25) is 9.59 Å². The van der Waals surface area contributed by atoms with Crippen LogP contribution in [0.25, 0.3) is 10.1 Å². The van der Waals surface area contributed by atoms with Crippen molar-refractivity contribution in [3.63, 3.8) is 0 Å². The number of hydrogen-bond donors (Lipinski definition) is 2. The molecule has 11 heteroatoms. The number of hydrogen-bond acceptors (Lipinski definition) is 11. The van der Waals surface area contributed by atoms with Crippen molar-refractivity contribution in [2.45, 2.75) is 43.0 Å². The molecule has 4 heterocycles. The molecule has 2 aromatic rings. The van der Waals surface area contributed by atoms with Gasteiger partial charge in [0.15, 0.2) is 5.60 Å². The van der Waals surface area contributed by atoms with Crippen LogP contribution in [0.5, 0.6) is 0 Å². The molecule has 3 fully saturated rings. The summed E-state index contributed by atoms with van der Waals surface area (Å²) < 4.78 is 22.4. The van der Waals surface area contributed by atoms with Gasteiger partial charge >= 0.3 is 29.6 Å². The van der Waals surface area contributed by atoms with Crippen LogP contribution in [0.1, 0.15) is 24.8 Å². The molecule has 176 valence electrons. The number of thiophene rings is 1. The summed E-state index contributed by atoms with van der Waals surface area (Å²) >= 11 is 1.70. The first-order valence-electron chi connectivity index (χ1n) is 10.6. The monoisotopic (exact) mass is 477 g/mol. The largest absolute Gasteiger partial charge is 0.421 e. The highest BCUT2D eigenvalue weighted by molar-refractivity contribution is 7.17. The molecule has 3 unspecified atom stereocenters. The van der Waals surface area contributed by atoms with E-state index in [9.17, 15) is 24.6 Å². The zero-order chi connectivity index (χ0) is 23.3. The van der Waals surface area contributed by atoms with Crippen LogP contribution >= 0.6 is 11.3 Å². The highest BCUT2D eigenvalue weighted by Gasteiger charge is 2.77. The number of benzene rings is 1. The van der Waals surface area contributed by atoms with Crippen molar-refractivity contribution in [2.24, 2.45) is 0 Å². The predicted octanol–water partition coefficient (Wildman–Crippen LogP) is 0.677. The summed E-state index contributed by atoms with van der Waals surface area (Å²) in [6.07, 6.45) is -0.364. The Bertz CT molecular complexity index is 1120. The summed E-state index contributed by atoms with van der Waals surface area (Å²) in [5.74, 6) is -7.89. The Hall–Kier alpha value is -2.57. The lowest BCUT2D eigenvalue weighted by atomic mass is 9.94. The third kappa shape index (κ3) is 3.79. The summed E-state index contributed by atoms with van der Waals surface area (Å²) in [5.41, 5.74) is -1.22. The van der Waals surface area contributed by atoms with Crippen LogP contribution in [0.2, 0.25) is 0 Å². The van der Waals surface area contributed by atoms with Crippen LogP contribution in [0.4, 0.5) is 0 Å². The first kappa shape index (κ1) is 22.2. The molecule has 33 heavy (non-hydrogen) atoms. The van der Waals surface area contributed by atoms with Gasteiger partial charge < -0.3 is 29.2 Å². The number of likely N-dealkylation sites (tertiary alicyclic amines) is 1. The van der Waals surface area contributed by atoms with E-state index < -0.39 is 48.0 Å². The Morgan fingerprint density at radius 2 is 1.82 bits per heavy atom. The molecule has 3 atom stereocenters. The Morgan fingerprint density at radius 3 is 2.64 bits per heavy atom. The molecule has 3 aliphatic rings. The first-order valence-corrected chi connectivity index (χ1v) is 11.5. The molecular weight excluding hydrogens is 454 g/mol. The van der Waals surface area contributed by atoms with Crippen molar-refractivity contribution < 1.29 is 43.5 Å². The van der Waals surface area contributed by atoms with Gasteiger partial charge in [-0.1, -0.05) is 12.1 Å². The minimum absolute atomic E-state index is 0.222. The van der Waals surface area contributed by atoms with Gasteiger partial charge in [-0.25, -0.2) is 9.69 Å². The van der Waals surface area contributed by atoms with E-state index >= 15 is 0 Å². The van der Waals surface area contributed by atoms with Crippen LogP contribution in [-0.4, -0.2) is 76.6 Å². The molecule has 0 radical (unpaired) electrons. The SMILES string of the molecule is O=C1CC2(O)CC(=O)OC3(OC2=O)N(CCCOCCc2ccc4sccc4c2)CC3(O)O1. The smallest absolute Gasteiger partial charge is 0.390 e. The molecule has 1 aromatic carbocycles. The molecule has 0 amide bonds. The predicted molar refractivity (Wildman–Crippen MR) is 113 cm³/mol. The normalized spacial score (nSPS) is 31.6. The Kier molecular flexibility index (Phi) is 5.41. The third-order valence-corrected chi connectivity index (χ3v) is 7.00. The van der Waals surface area contributed by atoms with E-state index in [2.05, 4.69) is 29.6 Å². The average molecular weight is 477 g/mol. The van der Waals surface area contributed by atoms with Crippen LogP contribution in [0, 0.1) is 0 Å². The van der Waals surface area contributed by atoms with E-state index in [0.29, 0.717) is 19.6 Å². The van der Waals surface area contributed by atoms with Gasteiger partial charge in [-0.15, -0.1) is 11.3 Å². The molecule has 1 spiro atoms. The number of carbonyl (C=O) groups excluding carboxylic acids is 3. The zero-order valence-corrected chi connectivity index (χ0v) is 18.5. The van der Waals surface area contributed by atoms with Crippen molar-refractivity contribution in [1.82, 2.24) is 4.90 Å². The maximum absolute atomic E-state index is 12.5. The zero-order valence-electron chi connectivity index (χ0n) is 17.7. The topological polar surface area (TPSA) is 132 Å². The van der Waals surface area contributed by atoms with Gasteiger partial charge in [-0.2, -0.15) is 0 Å². The number of rotatable bonds is 7. The molecule has 10 nitrogen and oxygen atoms in total. The third-order valence-electron chi connectivity index (χ3n) is 6.10. The second-order valence-electron chi connectivity index (χ2n) is 8.52. The fourth-order valence-electron chi connectivity index (χ4n) is 4.39. The van der Waals surface area contributed by atoms with E-state index in [1.807, 2.05) is 0 Å². The van der Waals surface area contributed by atoms with Gasteiger partial charge in [0.25, 0.3) is 0 Å². The summed E-state index contributed by atoms with van der Waals surface area (Å²) in [6.45, 7) is 0.884. The number of esters is 3. The van der Waals surface area contributed by atoms with Crippen LogP contribution in [0.3, 0.4) is 0 Å². The van der Waals surface area contributed by atoms with Gasteiger partial charge in [-0.05, 0) is 41.3 Å². The molecule has 5 rings (SSSR count). The van der Waals surface area contributed by atoms with Gasteiger partial charge in [0.2, 0.25) is 0 Å². The second kappa shape index (κ2) is 8.03.